The van der Waals surface area contributed by atoms with Gasteiger partial charge in [-0.3, -0.25) is 0 Å². The van der Waals surface area contributed by atoms with Crippen LogP contribution in [0.5, 0.6) is 0 Å². The second-order valence-corrected chi connectivity index (χ2v) is 17.2. The van der Waals surface area contributed by atoms with Crippen LogP contribution in [0.1, 0.15) is 22.9 Å². The van der Waals surface area contributed by atoms with E-state index in [2.05, 4.69) is 175 Å². The van der Waals surface area contributed by atoms with Crippen LogP contribution in [0, 0.1) is 0 Å². The van der Waals surface area contributed by atoms with E-state index < -0.39 is 6.17 Å². The summed E-state index contributed by atoms with van der Waals surface area (Å²) in [5.74, 6) is 1.44. The van der Waals surface area contributed by atoms with Crippen molar-refractivity contribution in [2.24, 2.45) is 9.98 Å². The van der Waals surface area contributed by atoms with E-state index in [1.165, 1.54) is 31.3 Å². The lowest BCUT2D eigenvalue weighted by Crippen LogP contribution is -2.33. The molecule has 12 aromatic rings. The van der Waals surface area contributed by atoms with E-state index in [4.69, 9.17) is 18.8 Å². The molecule has 1 atom stereocenters. The van der Waals surface area contributed by atoms with E-state index in [9.17, 15) is 0 Å². The van der Waals surface area contributed by atoms with Gasteiger partial charge in [0.25, 0.3) is 0 Å². The first-order valence-electron chi connectivity index (χ1n) is 21.1. The van der Waals surface area contributed by atoms with Crippen molar-refractivity contribution in [1.29, 1.82) is 0 Å². The maximum Gasteiger partial charge on any atom is 0.159 e. The van der Waals surface area contributed by atoms with Crippen LogP contribution < -0.4 is 5.32 Å². The molecule has 6 heteroatoms. The van der Waals surface area contributed by atoms with E-state index in [-0.39, 0.29) is 0 Å². The smallest absolute Gasteiger partial charge is 0.159 e. The number of hydrogen-bond acceptors (Lipinski definition) is 6. The van der Waals surface area contributed by atoms with Gasteiger partial charge in [0.1, 0.15) is 34.3 Å². The van der Waals surface area contributed by atoms with Crippen molar-refractivity contribution in [2.75, 3.05) is 0 Å². The Bertz CT molecular complexity index is 3840. The average molecular weight is 826 g/mol. The molecule has 0 bridgehead atoms. The summed E-state index contributed by atoms with van der Waals surface area (Å²) in [5.41, 5.74) is 13.1. The van der Waals surface area contributed by atoms with Gasteiger partial charge in [-0.25, -0.2) is 9.98 Å². The Morgan fingerprint density at radius 2 is 0.952 bits per heavy atom. The Kier molecular flexibility index (Phi) is 8.08. The number of para-hydroxylation sites is 1. The third-order valence-corrected chi connectivity index (χ3v) is 13.5. The van der Waals surface area contributed by atoms with E-state index in [1.807, 2.05) is 41.7 Å². The van der Waals surface area contributed by atoms with Gasteiger partial charge >= 0.3 is 0 Å². The van der Waals surface area contributed by atoms with Crippen molar-refractivity contribution in [3.05, 3.63) is 217 Å². The number of nitrogens with one attached hydrogen (secondary N) is 1. The number of rotatable bonds is 6. The number of furan rings is 2. The third-order valence-electron chi connectivity index (χ3n) is 12.4. The zero-order valence-electron chi connectivity index (χ0n) is 33.7. The minimum atomic E-state index is -0.448. The van der Waals surface area contributed by atoms with Crippen LogP contribution in [0.4, 0.5) is 0 Å². The van der Waals surface area contributed by atoms with Gasteiger partial charge in [0.15, 0.2) is 5.84 Å². The molecule has 296 valence electrons. The van der Waals surface area contributed by atoms with Crippen molar-refractivity contribution in [2.45, 2.75) is 6.17 Å². The highest BCUT2D eigenvalue weighted by Crippen LogP contribution is 2.40. The first kappa shape index (κ1) is 35.7. The molecule has 0 aliphatic carbocycles. The molecule has 3 aromatic heterocycles. The molecule has 0 spiro atoms. The van der Waals surface area contributed by atoms with Crippen molar-refractivity contribution in [1.82, 2.24) is 5.32 Å². The largest absolute Gasteiger partial charge is 0.456 e. The molecular formula is C57H35N3O2S. The molecule has 1 unspecified atom stereocenters. The molecule has 0 saturated carbocycles. The molecule has 5 nitrogen and oxygen atoms in total. The van der Waals surface area contributed by atoms with E-state index in [0.29, 0.717) is 5.84 Å². The lowest BCUT2D eigenvalue weighted by atomic mass is 9.98. The number of aliphatic imine (C=N–C) groups is 2. The van der Waals surface area contributed by atoms with Crippen LogP contribution in [0.15, 0.2) is 219 Å². The summed E-state index contributed by atoms with van der Waals surface area (Å²) < 4.78 is 15.4. The fourth-order valence-corrected chi connectivity index (χ4v) is 10.3. The quantitative estimate of drug-likeness (QED) is 0.182. The number of hydrogen-bond donors (Lipinski definition) is 1. The number of nitrogens with zero attached hydrogens (tertiary/aromatic N) is 2. The Morgan fingerprint density at radius 3 is 1.81 bits per heavy atom. The van der Waals surface area contributed by atoms with E-state index in [0.717, 1.165) is 88.7 Å². The number of thiophene rings is 1. The van der Waals surface area contributed by atoms with Gasteiger partial charge in [0.2, 0.25) is 0 Å². The second kappa shape index (κ2) is 14.3. The van der Waals surface area contributed by atoms with Crippen LogP contribution in [-0.2, 0) is 0 Å². The molecule has 1 aliphatic rings. The Hall–Kier alpha value is -8.06. The lowest BCUT2D eigenvalue weighted by molar-refractivity contribution is 0.662. The normalized spacial score (nSPS) is 14.2. The maximum absolute atomic E-state index is 6.66. The Labute approximate surface area is 365 Å². The highest BCUT2D eigenvalue weighted by atomic mass is 32.1. The first-order chi connectivity index (χ1) is 31.2. The molecule has 4 heterocycles. The zero-order valence-corrected chi connectivity index (χ0v) is 34.6. The summed E-state index contributed by atoms with van der Waals surface area (Å²) in [4.78, 5) is 10.7. The van der Waals surface area contributed by atoms with Crippen LogP contribution in [0.2, 0.25) is 0 Å². The van der Waals surface area contributed by atoms with Gasteiger partial charge in [-0.2, -0.15) is 0 Å². The zero-order chi connectivity index (χ0) is 41.4. The van der Waals surface area contributed by atoms with Crippen LogP contribution in [0.3, 0.4) is 0 Å². The topological polar surface area (TPSA) is 63.0 Å². The summed E-state index contributed by atoms with van der Waals surface area (Å²) >= 11 is 1.82. The molecule has 13 rings (SSSR count). The molecule has 0 saturated heterocycles. The fourth-order valence-electron chi connectivity index (χ4n) is 9.25. The molecule has 9 aromatic carbocycles. The summed E-state index contributed by atoms with van der Waals surface area (Å²) in [6.07, 6.45) is -0.448. The third kappa shape index (κ3) is 6.06. The molecule has 0 fully saturated rings. The molecule has 1 aliphatic heterocycles. The van der Waals surface area contributed by atoms with Gasteiger partial charge in [0, 0.05) is 58.4 Å². The minimum absolute atomic E-state index is 0.448. The van der Waals surface area contributed by atoms with E-state index >= 15 is 0 Å². The number of fused-ring (bicyclic) bond motifs is 9. The summed E-state index contributed by atoms with van der Waals surface area (Å²) in [5, 5.41) is 10.5. The van der Waals surface area contributed by atoms with Gasteiger partial charge in [-0.1, -0.05) is 133 Å². The van der Waals surface area contributed by atoms with Crippen LogP contribution >= 0.6 is 11.3 Å². The monoisotopic (exact) mass is 825 g/mol. The van der Waals surface area contributed by atoms with Crippen LogP contribution in [-0.4, -0.2) is 11.7 Å². The highest BCUT2D eigenvalue weighted by Gasteiger charge is 2.25. The lowest BCUT2D eigenvalue weighted by Gasteiger charge is -2.24. The number of amidine groups is 2. The van der Waals surface area contributed by atoms with Crippen LogP contribution in [0.25, 0.3) is 97.4 Å². The van der Waals surface area contributed by atoms with Crippen molar-refractivity contribution < 1.29 is 8.83 Å². The standard InChI is InChI=1S/C57H35N3O2S/c1-2-10-34(11-3-1)35-20-22-36(23-21-35)37-12-8-13-40(30-37)55-58-56(41-26-29-53-47(31-41)44-15-5-7-19-52(44)63-53)60-57(59-55)46-16-9-18-49-54(46)45-28-25-39(33-51(45)62-49)38-24-27-43-42-14-4-6-17-48(42)61-50(43)32-38/h1-33,57H,(H,58,59,60). The Morgan fingerprint density at radius 1 is 0.381 bits per heavy atom. The summed E-state index contributed by atoms with van der Waals surface area (Å²) in [7, 11) is 0. The predicted molar refractivity (Wildman–Crippen MR) is 262 cm³/mol. The van der Waals surface area contributed by atoms with Crippen molar-refractivity contribution in [3.63, 3.8) is 0 Å². The summed E-state index contributed by atoms with van der Waals surface area (Å²) in [6.45, 7) is 0. The fraction of sp³-hybridized carbons (Fsp3) is 0.0175. The highest BCUT2D eigenvalue weighted by molar-refractivity contribution is 7.25. The SMILES string of the molecule is c1ccc(-c2ccc(-c3cccc(C4=NC(c5cccc6oc7cc(-c8ccc9c(c8)oc8ccccc89)ccc7c56)NC(c5ccc6sc7ccccc7c6c5)=N4)c3)cc2)cc1. The van der Waals surface area contributed by atoms with E-state index in [1.54, 1.807) is 0 Å². The predicted octanol–water partition coefficient (Wildman–Crippen LogP) is 15.3. The van der Waals surface area contributed by atoms with Gasteiger partial charge < -0.3 is 14.2 Å². The number of benzene rings is 9. The minimum Gasteiger partial charge on any atom is -0.456 e. The summed E-state index contributed by atoms with van der Waals surface area (Å²) in [6, 6.07) is 70.4. The first-order valence-corrected chi connectivity index (χ1v) is 22.0. The molecule has 63 heavy (non-hydrogen) atoms. The van der Waals surface area contributed by atoms with Gasteiger partial charge in [0.05, 0.1) is 0 Å². The van der Waals surface area contributed by atoms with Crippen molar-refractivity contribution >= 4 is 87.1 Å². The maximum atomic E-state index is 6.66. The Balaban J connectivity index is 0.919. The molecule has 1 N–H and O–H groups in total. The van der Waals surface area contributed by atoms with Gasteiger partial charge in [-0.05, 0) is 100 Å². The second-order valence-electron chi connectivity index (χ2n) is 16.1. The molecular weight excluding hydrogens is 791 g/mol. The van der Waals surface area contributed by atoms with Crippen molar-refractivity contribution in [3.8, 4) is 33.4 Å². The molecule has 0 radical (unpaired) electrons. The van der Waals surface area contributed by atoms with Gasteiger partial charge in [-0.15, -0.1) is 11.3 Å². The molecule has 0 amide bonds. The average Bonchev–Trinajstić information content (AvgIpc) is 4.05.